The van der Waals surface area contributed by atoms with Crippen molar-refractivity contribution in [3.05, 3.63) is 58.4 Å². The van der Waals surface area contributed by atoms with Crippen molar-refractivity contribution >= 4 is 11.6 Å². The van der Waals surface area contributed by atoms with Gasteiger partial charge in [0.05, 0.1) is 11.3 Å². The highest BCUT2D eigenvalue weighted by molar-refractivity contribution is 5.87. The molecule has 112 valence electrons. The van der Waals surface area contributed by atoms with Crippen molar-refractivity contribution in [2.45, 2.75) is 27.7 Å². The number of aryl methyl sites for hydroxylation is 2. The van der Waals surface area contributed by atoms with E-state index in [1.807, 2.05) is 6.20 Å². The molecule has 22 heavy (non-hydrogen) atoms. The Labute approximate surface area is 129 Å². The molecular weight excluding hydrogens is 276 g/mol. The van der Waals surface area contributed by atoms with Gasteiger partial charge in [0.15, 0.2) is 0 Å². The quantitative estimate of drug-likeness (QED) is 0.779. The third-order valence-electron chi connectivity index (χ3n) is 4.32. The van der Waals surface area contributed by atoms with Crippen molar-refractivity contribution in [3.63, 3.8) is 0 Å². The van der Waals surface area contributed by atoms with Crippen LogP contribution in [0.2, 0.25) is 0 Å². The van der Waals surface area contributed by atoms with E-state index in [1.165, 1.54) is 22.3 Å². The number of carbonyl (C=O) groups is 1. The number of carboxylic acids is 1. The molecule has 0 radical (unpaired) electrons. The lowest BCUT2D eigenvalue weighted by Gasteiger charge is -2.13. The Morgan fingerprint density at radius 3 is 2.27 bits per heavy atom. The van der Waals surface area contributed by atoms with E-state index in [4.69, 9.17) is 5.11 Å². The van der Waals surface area contributed by atoms with Gasteiger partial charge < -0.3 is 9.51 Å². The van der Waals surface area contributed by atoms with Crippen molar-refractivity contribution in [2.24, 2.45) is 0 Å². The largest absolute Gasteiger partial charge is 0.478 e. The van der Waals surface area contributed by atoms with E-state index in [9.17, 15) is 4.79 Å². The Morgan fingerprint density at radius 2 is 1.68 bits per heavy atom. The second kappa shape index (κ2) is 4.98. The number of hydrogen-bond donors (Lipinski definition) is 1. The highest BCUT2D eigenvalue weighted by Crippen LogP contribution is 2.31. The van der Waals surface area contributed by atoms with Crippen LogP contribution >= 0.6 is 0 Å². The van der Waals surface area contributed by atoms with Crippen LogP contribution in [-0.2, 0) is 0 Å². The predicted molar refractivity (Wildman–Crippen MR) is 86.5 cm³/mol. The van der Waals surface area contributed by atoms with Crippen molar-refractivity contribution in [1.29, 1.82) is 0 Å². The Balaban J connectivity index is 2.25. The Kier molecular flexibility index (Phi) is 3.24. The lowest BCUT2D eigenvalue weighted by molar-refractivity contribution is 0.0696. The fraction of sp³-hybridized carbons (Fsp3) is 0.222. The van der Waals surface area contributed by atoms with Gasteiger partial charge in [-0.25, -0.2) is 9.78 Å². The summed E-state index contributed by atoms with van der Waals surface area (Å²) in [5.41, 5.74) is 7.92. The molecule has 0 aliphatic rings. The van der Waals surface area contributed by atoms with Gasteiger partial charge in [-0.3, -0.25) is 0 Å². The van der Waals surface area contributed by atoms with E-state index < -0.39 is 5.97 Å². The molecule has 3 rings (SSSR count). The number of imidazole rings is 1. The first-order valence-electron chi connectivity index (χ1n) is 7.18. The average Bonchev–Trinajstić information content (AvgIpc) is 2.87. The number of carboxylic acid groups (broad SMARTS) is 1. The van der Waals surface area contributed by atoms with Crippen LogP contribution in [0.4, 0.5) is 0 Å². The molecule has 0 bridgehead atoms. The fourth-order valence-corrected chi connectivity index (χ4v) is 2.84. The molecule has 3 aromatic rings. The zero-order chi connectivity index (χ0) is 16.0. The van der Waals surface area contributed by atoms with E-state index in [1.54, 1.807) is 22.7 Å². The lowest BCUT2D eigenvalue weighted by Crippen LogP contribution is -1.97. The molecule has 0 saturated heterocycles. The number of pyridine rings is 1. The lowest BCUT2D eigenvalue weighted by atomic mass is 9.93. The molecule has 2 aromatic heterocycles. The van der Waals surface area contributed by atoms with Crippen LogP contribution in [0.5, 0.6) is 0 Å². The summed E-state index contributed by atoms with van der Waals surface area (Å²) in [5, 5.41) is 9.10. The van der Waals surface area contributed by atoms with Crippen LogP contribution in [0, 0.1) is 27.7 Å². The van der Waals surface area contributed by atoms with Crippen molar-refractivity contribution in [3.8, 4) is 11.3 Å². The zero-order valence-electron chi connectivity index (χ0n) is 13.1. The molecule has 0 amide bonds. The summed E-state index contributed by atoms with van der Waals surface area (Å²) < 4.78 is 1.77. The van der Waals surface area contributed by atoms with Crippen LogP contribution in [0.3, 0.4) is 0 Å². The van der Waals surface area contributed by atoms with E-state index in [-0.39, 0.29) is 5.56 Å². The van der Waals surface area contributed by atoms with Gasteiger partial charge in [-0.2, -0.15) is 0 Å². The molecule has 4 nitrogen and oxygen atoms in total. The number of benzene rings is 1. The standard InChI is InChI=1S/C18H18N2O2/c1-10-7-11(2)13(4)17(12(10)3)15-9-20-8-14(18(21)22)5-6-16(20)19-15/h5-9H,1-4H3,(H,21,22). The first-order valence-corrected chi connectivity index (χ1v) is 7.18. The van der Waals surface area contributed by atoms with Crippen molar-refractivity contribution < 1.29 is 9.90 Å². The minimum Gasteiger partial charge on any atom is -0.478 e. The minimum atomic E-state index is -0.934. The Hall–Kier alpha value is -2.62. The minimum absolute atomic E-state index is 0.255. The maximum atomic E-state index is 11.1. The highest BCUT2D eigenvalue weighted by atomic mass is 16.4. The fourth-order valence-electron chi connectivity index (χ4n) is 2.84. The van der Waals surface area contributed by atoms with Crippen molar-refractivity contribution in [2.75, 3.05) is 0 Å². The number of aromatic carboxylic acids is 1. The topological polar surface area (TPSA) is 54.6 Å². The van der Waals surface area contributed by atoms with Gasteiger partial charge in [0, 0.05) is 18.0 Å². The summed E-state index contributed by atoms with van der Waals surface area (Å²) in [6, 6.07) is 5.50. The molecule has 0 atom stereocenters. The van der Waals surface area contributed by atoms with Gasteiger partial charge in [-0.05, 0) is 62.1 Å². The SMILES string of the molecule is Cc1cc(C)c(C)c(-c2cn3cc(C(=O)O)ccc3n2)c1C. The average molecular weight is 294 g/mol. The molecule has 0 spiro atoms. The van der Waals surface area contributed by atoms with Gasteiger partial charge in [0.1, 0.15) is 5.65 Å². The maximum Gasteiger partial charge on any atom is 0.337 e. The molecule has 0 aliphatic heterocycles. The molecule has 1 N–H and O–H groups in total. The van der Waals surface area contributed by atoms with Gasteiger partial charge in [-0.1, -0.05) is 6.07 Å². The zero-order valence-corrected chi connectivity index (χ0v) is 13.1. The van der Waals surface area contributed by atoms with E-state index in [0.29, 0.717) is 0 Å². The summed E-state index contributed by atoms with van der Waals surface area (Å²) >= 11 is 0. The Morgan fingerprint density at radius 1 is 1.05 bits per heavy atom. The summed E-state index contributed by atoms with van der Waals surface area (Å²) in [4.78, 5) is 15.7. The summed E-state index contributed by atoms with van der Waals surface area (Å²) in [7, 11) is 0. The third kappa shape index (κ3) is 2.17. The first-order chi connectivity index (χ1) is 10.4. The molecule has 0 unspecified atom stereocenters. The van der Waals surface area contributed by atoms with Gasteiger partial charge in [0.25, 0.3) is 0 Å². The van der Waals surface area contributed by atoms with E-state index in [0.717, 1.165) is 16.9 Å². The maximum absolute atomic E-state index is 11.1. The van der Waals surface area contributed by atoms with E-state index in [2.05, 4.69) is 38.7 Å². The normalized spacial score (nSPS) is 11.1. The monoisotopic (exact) mass is 294 g/mol. The smallest absolute Gasteiger partial charge is 0.337 e. The third-order valence-corrected chi connectivity index (χ3v) is 4.32. The summed E-state index contributed by atoms with van der Waals surface area (Å²) in [5.74, 6) is -0.934. The molecular formula is C18H18N2O2. The Bertz CT molecular complexity index is 881. The molecule has 1 aromatic carbocycles. The second-order valence-corrected chi connectivity index (χ2v) is 5.75. The van der Waals surface area contributed by atoms with Crippen molar-refractivity contribution in [1.82, 2.24) is 9.38 Å². The number of rotatable bonds is 2. The summed E-state index contributed by atoms with van der Waals surface area (Å²) in [6.07, 6.45) is 3.50. The number of hydrogen-bond acceptors (Lipinski definition) is 2. The van der Waals surface area contributed by atoms with Gasteiger partial charge >= 0.3 is 5.97 Å². The predicted octanol–water partition coefficient (Wildman–Crippen LogP) is 3.93. The molecule has 0 aliphatic carbocycles. The van der Waals surface area contributed by atoms with E-state index >= 15 is 0 Å². The summed E-state index contributed by atoms with van der Waals surface area (Å²) in [6.45, 7) is 8.40. The van der Waals surface area contributed by atoms with Crippen LogP contribution in [0.25, 0.3) is 16.9 Å². The highest BCUT2D eigenvalue weighted by Gasteiger charge is 2.14. The van der Waals surface area contributed by atoms with Crippen LogP contribution in [-0.4, -0.2) is 20.5 Å². The number of fused-ring (bicyclic) bond motifs is 1. The van der Waals surface area contributed by atoms with Gasteiger partial charge in [0.2, 0.25) is 0 Å². The van der Waals surface area contributed by atoms with Crippen LogP contribution in [0.15, 0.2) is 30.6 Å². The molecule has 2 heterocycles. The number of aromatic nitrogens is 2. The second-order valence-electron chi connectivity index (χ2n) is 5.75. The molecule has 0 saturated carbocycles. The van der Waals surface area contributed by atoms with Gasteiger partial charge in [-0.15, -0.1) is 0 Å². The van der Waals surface area contributed by atoms with Crippen LogP contribution < -0.4 is 0 Å². The number of nitrogens with zero attached hydrogens (tertiary/aromatic N) is 2. The van der Waals surface area contributed by atoms with Crippen LogP contribution in [0.1, 0.15) is 32.6 Å². The molecule has 4 heteroatoms. The first kappa shape index (κ1) is 14.3. The molecule has 0 fully saturated rings.